The highest BCUT2D eigenvalue weighted by atomic mass is 15.1. The van der Waals surface area contributed by atoms with Crippen molar-refractivity contribution in [3.63, 3.8) is 0 Å². The Morgan fingerprint density at radius 1 is 1.12 bits per heavy atom. The van der Waals surface area contributed by atoms with Gasteiger partial charge in [0, 0.05) is 6.04 Å². The fraction of sp³-hybridized carbons (Fsp3) is 1.00. The molecule has 2 N–H and O–H groups in total. The number of hydrogen-bond acceptors (Lipinski definition) is 2. The van der Waals surface area contributed by atoms with Crippen molar-refractivity contribution in [2.75, 3.05) is 20.1 Å². The Hall–Kier alpha value is -0.0800. The highest BCUT2D eigenvalue weighted by Crippen LogP contribution is 2.26. The zero-order valence-corrected chi connectivity index (χ0v) is 11.3. The van der Waals surface area contributed by atoms with Crippen LogP contribution in [-0.2, 0) is 0 Å². The first-order valence-electron chi connectivity index (χ1n) is 7.14. The Kier molecular flexibility index (Phi) is 7.06. The molecule has 0 aliphatic heterocycles. The standard InChI is InChI=1S/C14H30N2/c1-13-8-7-9-14(12-13)16(2)11-6-4-3-5-10-15/h13-14H,3-12,15H2,1-2H3. The van der Waals surface area contributed by atoms with E-state index in [4.69, 9.17) is 5.73 Å². The molecular weight excluding hydrogens is 196 g/mol. The van der Waals surface area contributed by atoms with E-state index in [-0.39, 0.29) is 0 Å². The second-order valence-corrected chi connectivity index (χ2v) is 5.61. The van der Waals surface area contributed by atoms with E-state index in [0.29, 0.717) is 0 Å². The molecule has 1 rings (SSSR count). The van der Waals surface area contributed by atoms with Crippen LogP contribution in [0.25, 0.3) is 0 Å². The van der Waals surface area contributed by atoms with Crippen molar-refractivity contribution < 1.29 is 0 Å². The van der Waals surface area contributed by atoms with Crippen molar-refractivity contribution in [2.45, 2.75) is 64.3 Å². The van der Waals surface area contributed by atoms with Gasteiger partial charge in [-0.3, -0.25) is 0 Å². The predicted octanol–water partition coefficient (Wildman–Crippen LogP) is 3.02. The van der Waals surface area contributed by atoms with Crippen molar-refractivity contribution in [3.05, 3.63) is 0 Å². The second kappa shape index (κ2) is 8.08. The largest absolute Gasteiger partial charge is 0.330 e. The monoisotopic (exact) mass is 226 g/mol. The first-order valence-corrected chi connectivity index (χ1v) is 7.14. The fourth-order valence-corrected chi connectivity index (χ4v) is 2.84. The van der Waals surface area contributed by atoms with Gasteiger partial charge in [-0.1, -0.05) is 32.6 Å². The van der Waals surface area contributed by atoms with E-state index in [0.717, 1.165) is 18.5 Å². The maximum Gasteiger partial charge on any atom is 0.00947 e. The molecule has 0 heterocycles. The quantitative estimate of drug-likeness (QED) is 0.676. The summed E-state index contributed by atoms with van der Waals surface area (Å²) in [6.45, 7) is 4.54. The number of rotatable bonds is 7. The first-order chi connectivity index (χ1) is 7.74. The Bertz CT molecular complexity index is 170. The molecule has 16 heavy (non-hydrogen) atoms. The molecule has 0 bridgehead atoms. The van der Waals surface area contributed by atoms with Gasteiger partial charge in [0.15, 0.2) is 0 Å². The summed E-state index contributed by atoms with van der Waals surface area (Å²) in [7, 11) is 2.31. The van der Waals surface area contributed by atoms with Crippen molar-refractivity contribution in [1.29, 1.82) is 0 Å². The molecule has 1 aliphatic rings. The topological polar surface area (TPSA) is 29.3 Å². The van der Waals surface area contributed by atoms with Crippen LogP contribution in [0, 0.1) is 5.92 Å². The van der Waals surface area contributed by atoms with Gasteiger partial charge in [-0.15, -0.1) is 0 Å². The lowest BCUT2D eigenvalue weighted by atomic mass is 9.86. The van der Waals surface area contributed by atoms with Crippen molar-refractivity contribution in [1.82, 2.24) is 4.90 Å². The molecule has 2 atom stereocenters. The number of nitrogens with zero attached hydrogens (tertiary/aromatic N) is 1. The van der Waals surface area contributed by atoms with E-state index in [1.165, 1.54) is 57.9 Å². The number of unbranched alkanes of at least 4 members (excludes halogenated alkanes) is 3. The fourth-order valence-electron chi connectivity index (χ4n) is 2.84. The third-order valence-corrected chi connectivity index (χ3v) is 4.00. The molecule has 2 nitrogen and oxygen atoms in total. The normalized spacial score (nSPS) is 26.2. The van der Waals surface area contributed by atoms with E-state index >= 15 is 0 Å². The van der Waals surface area contributed by atoms with Crippen LogP contribution < -0.4 is 5.73 Å². The molecule has 0 aromatic rings. The van der Waals surface area contributed by atoms with Gasteiger partial charge in [0.2, 0.25) is 0 Å². The van der Waals surface area contributed by atoms with Crippen molar-refractivity contribution in [3.8, 4) is 0 Å². The SMILES string of the molecule is CC1CCCC(N(C)CCCCCCN)C1. The molecule has 0 radical (unpaired) electrons. The van der Waals surface area contributed by atoms with Gasteiger partial charge in [-0.25, -0.2) is 0 Å². The van der Waals surface area contributed by atoms with E-state index in [1.54, 1.807) is 0 Å². The Morgan fingerprint density at radius 2 is 1.88 bits per heavy atom. The van der Waals surface area contributed by atoms with E-state index in [1.807, 2.05) is 0 Å². The molecule has 1 aliphatic carbocycles. The van der Waals surface area contributed by atoms with Crippen LogP contribution in [0.4, 0.5) is 0 Å². The van der Waals surface area contributed by atoms with E-state index in [9.17, 15) is 0 Å². The van der Waals surface area contributed by atoms with Crippen molar-refractivity contribution >= 4 is 0 Å². The third kappa shape index (κ3) is 5.31. The van der Waals surface area contributed by atoms with Crippen LogP contribution in [-0.4, -0.2) is 31.1 Å². The summed E-state index contributed by atoms with van der Waals surface area (Å²) >= 11 is 0. The average molecular weight is 226 g/mol. The molecule has 0 spiro atoms. The highest BCUT2D eigenvalue weighted by Gasteiger charge is 2.21. The zero-order chi connectivity index (χ0) is 11.8. The molecule has 0 aromatic heterocycles. The van der Waals surface area contributed by atoms with Gasteiger partial charge in [-0.05, 0) is 51.7 Å². The van der Waals surface area contributed by atoms with Gasteiger partial charge in [0.25, 0.3) is 0 Å². The van der Waals surface area contributed by atoms with Crippen LogP contribution >= 0.6 is 0 Å². The minimum absolute atomic E-state index is 0.857. The minimum Gasteiger partial charge on any atom is -0.330 e. The Balaban J connectivity index is 2.06. The molecule has 0 amide bonds. The third-order valence-electron chi connectivity index (χ3n) is 4.00. The van der Waals surface area contributed by atoms with Gasteiger partial charge >= 0.3 is 0 Å². The highest BCUT2D eigenvalue weighted by molar-refractivity contribution is 4.76. The maximum atomic E-state index is 5.49. The van der Waals surface area contributed by atoms with Crippen LogP contribution in [0.5, 0.6) is 0 Å². The van der Waals surface area contributed by atoms with Crippen LogP contribution in [0.15, 0.2) is 0 Å². The summed E-state index contributed by atoms with van der Waals surface area (Å²) in [5.41, 5.74) is 5.49. The van der Waals surface area contributed by atoms with Crippen molar-refractivity contribution in [2.24, 2.45) is 11.7 Å². The number of nitrogens with two attached hydrogens (primary N) is 1. The lowest BCUT2D eigenvalue weighted by molar-refractivity contribution is 0.161. The molecule has 0 aromatic carbocycles. The lowest BCUT2D eigenvalue weighted by Crippen LogP contribution is -2.36. The summed E-state index contributed by atoms with van der Waals surface area (Å²) in [4.78, 5) is 2.60. The first kappa shape index (κ1) is 14.0. The summed E-state index contributed by atoms with van der Waals surface area (Å²) in [6, 6.07) is 0.859. The van der Waals surface area contributed by atoms with Gasteiger partial charge in [0.1, 0.15) is 0 Å². The van der Waals surface area contributed by atoms with Crippen LogP contribution in [0.1, 0.15) is 58.3 Å². The average Bonchev–Trinajstić information content (AvgIpc) is 2.28. The molecular formula is C14H30N2. The maximum absolute atomic E-state index is 5.49. The zero-order valence-electron chi connectivity index (χ0n) is 11.3. The smallest absolute Gasteiger partial charge is 0.00947 e. The second-order valence-electron chi connectivity index (χ2n) is 5.61. The number of hydrogen-bond donors (Lipinski definition) is 1. The summed E-state index contributed by atoms with van der Waals surface area (Å²) in [5, 5.41) is 0. The Morgan fingerprint density at radius 3 is 2.56 bits per heavy atom. The molecule has 2 unspecified atom stereocenters. The van der Waals surface area contributed by atoms with Crippen LogP contribution in [0.2, 0.25) is 0 Å². The lowest BCUT2D eigenvalue weighted by Gasteiger charge is -2.34. The summed E-state index contributed by atoms with van der Waals surface area (Å²) in [6.07, 6.45) is 10.9. The van der Waals surface area contributed by atoms with Gasteiger partial charge in [-0.2, -0.15) is 0 Å². The molecule has 0 saturated heterocycles. The predicted molar refractivity (Wildman–Crippen MR) is 71.6 cm³/mol. The van der Waals surface area contributed by atoms with Crippen LogP contribution in [0.3, 0.4) is 0 Å². The minimum atomic E-state index is 0.857. The summed E-state index contributed by atoms with van der Waals surface area (Å²) in [5.74, 6) is 0.943. The molecule has 1 fully saturated rings. The van der Waals surface area contributed by atoms with Gasteiger partial charge in [0.05, 0.1) is 0 Å². The Labute approximate surface area is 102 Å². The van der Waals surface area contributed by atoms with E-state index < -0.39 is 0 Å². The molecule has 96 valence electrons. The van der Waals surface area contributed by atoms with Gasteiger partial charge < -0.3 is 10.6 Å². The molecule has 1 saturated carbocycles. The molecule has 2 heteroatoms. The van der Waals surface area contributed by atoms with E-state index in [2.05, 4.69) is 18.9 Å². The summed E-state index contributed by atoms with van der Waals surface area (Å²) < 4.78 is 0.